The minimum absolute atomic E-state index is 0.00752. The van der Waals surface area contributed by atoms with E-state index in [1.54, 1.807) is 26.1 Å². The molecule has 6 heteroatoms. The molecule has 1 saturated carbocycles. The van der Waals surface area contributed by atoms with Crippen LogP contribution in [0.1, 0.15) is 32.6 Å². The molecule has 0 heterocycles. The number of guanidine groups is 1. The first-order valence-electron chi connectivity index (χ1n) is 7.74. The number of carbonyl (C=O) groups is 1. The molecule has 1 aliphatic carbocycles. The summed E-state index contributed by atoms with van der Waals surface area (Å²) in [7, 11) is 5.23. The molecule has 0 aromatic rings. The largest absolute Gasteiger partial charge is 0.385 e. The Morgan fingerprint density at radius 1 is 1.33 bits per heavy atom. The summed E-state index contributed by atoms with van der Waals surface area (Å²) >= 11 is 0. The molecule has 0 aromatic carbocycles. The predicted molar refractivity (Wildman–Crippen MR) is 85.5 cm³/mol. The molecule has 1 aliphatic rings. The number of carbonyl (C=O) groups excluding carboxylic acids is 1. The third-order valence-corrected chi connectivity index (χ3v) is 3.84. The lowest BCUT2D eigenvalue weighted by Crippen LogP contribution is -2.41. The van der Waals surface area contributed by atoms with Gasteiger partial charge in [0.2, 0.25) is 5.91 Å². The molecule has 0 saturated heterocycles. The third-order valence-electron chi connectivity index (χ3n) is 3.84. The van der Waals surface area contributed by atoms with Gasteiger partial charge in [-0.05, 0) is 31.1 Å². The molecule has 21 heavy (non-hydrogen) atoms. The zero-order valence-electron chi connectivity index (χ0n) is 13.9. The van der Waals surface area contributed by atoms with Crippen molar-refractivity contribution in [3.05, 3.63) is 0 Å². The maximum atomic E-state index is 11.6. The Balaban J connectivity index is 2.45. The van der Waals surface area contributed by atoms with E-state index in [2.05, 4.69) is 22.5 Å². The van der Waals surface area contributed by atoms with E-state index < -0.39 is 0 Å². The average Bonchev–Trinajstić information content (AvgIpc) is 3.24. The van der Waals surface area contributed by atoms with Crippen LogP contribution >= 0.6 is 0 Å². The Labute approximate surface area is 128 Å². The molecule has 0 bridgehead atoms. The molecule has 6 nitrogen and oxygen atoms in total. The van der Waals surface area contributed by atoms with Gasteiger partial charge < -0.3 is 20.3 Å². The minimum atomic E-state index is 0.00752. The standard InChI is InChI=1S/C15H30N4O2/c1-5-9-16-14(17-11-13(20)19(2)3)18-12-15(6-7-15)8-10-21-4/h5-12H2,1-4H3,(H2,16,17,18). The number of aliphatic imine (C=N–C) groups is 1. The van der Waals surface area contributed by atoms with Crippen LogP contribution in [0.5, 0.6) is 0 Å². The Kier molecular flexibility index (Phi) is 7.50. The van der Waals surface area contributed by atoms with Gasteiger partial charge in [-0.2, -0.15) is 0 Å². The number of methoxy groups -OCH3 is 1. The van der Waals surface area contributed by atoms with Crippen LogP contribution in [0.25, 0.3) is 0 Å². The van der Waals surface area contributed by atoms with E-state index in [1.165, 1.54) is 12.8 Å². The lowest BCUT2D eigenvalue weighted by atomic mass is 10.0. The van der Waals surface area contributed by atoms with Gasteiger partial charge in [0.05, 0.1) is 0 Å². The molecule has 1 amide bonds. The second kappa shape index (κ2) is 8.87. The number of rotatable bonds is 9. The van der Waals surface area contributed by atoms with Crippen LogP contribution in [0.3, 0.4) is 0 Å². The highest BCUT2D eigenvalue weighted by Crippen LogP contribution is 2.48. The van der Waals surface area contributed by atoms with Crippen molar-refractivity contribution in [2.75, 3.05) is 47.4 Å². The summed E-state index contributed by atoms with van der Waals surface area (Å²) in [6.07, 6.45) is 4.58. The van der Waals surface area contributed by atoms with E-state index in [4.69, 9.17) is 4.74 Å². The Bertz CT molecular complexity index is 352. The monoisotopic (exact) mass is 298 g/mol. The molecule has 0 atom stereocenters. The van der Waals surface area contributed by atoms with E-state index in [0.717, 1.165) is 38.5 Å². The van der Waals surface area contributed by atoms with E-state index in [1.807, 2.05) is 0 Å². The number of likely N-dealkylation sites (N-methyl/N-ethyl adjacent to an activating group) is 1. The van der Waals surface area contributed by atoms with E-state index in [9.17, 15) is 4.79 Å². The predicted octanol–water partition coefficient (Wildman–Crippen LogP) is 0.837. The smallest absolute Gasteiger partial charge is 0.243 e. The van der Waals surface area contributed by atoms with Crippen molar-refractivity contribution in [2.24, 2.45) is 10.4 Å². The van der Waals surface area contributed by atoms with Crippen molar-refractivity contribution in [1.29, 1.82) is 0 Å². The fraction of sp³-hybridized carbons (Fsp3) is 0.867. The summed E-state index contributed by atoms with van der Waals surface area (Å²) in [6, 6.07) is 0. The normalized spacial score (nSPS) is 16.5. The molecular weight excluding hydrogens is 268 g/mol. The summed E-state index contributed by atoms with van der Waals surface area (Å²) in [4.78, 5) is 17.5. The first-order valence-corrected chi connectivity index (χ1v) is 7.74. The van der Waals surface area contributed by atoms with Crippen LogP contribution in [-0.2, 0) is 9.53 Å². The molecule has 122 valence electrons. The zero-order chi connectivity index (χ0) is 15.7. The number of ether oxygens (including phenoxy) is 1. The van der Waals surface area contributed by atoms with Crippen molar-refractivity contribution in [3.63, 3.8) is 0 Å². The van der Waals surface area contributed by atoms with Crippen LogP contribution in [0.4, 0.5) is 0 Å². The Hall–Kier alpha value is -1.30. The van der Waals surface area contributed by atoms with Gasteiger partial charge in [-0.15, -0.1) is 0 Å². The fourth-order valence-electron chi connectivity index (χ4n) is 1.99. The SMILES string of the molecule is CCCNC(=NCC(=O)N(C)C)NCC1(CCOC)CC1. The van der Waals surface area contributed by atoms with Gasteiger partial charge >= 0.3 is 0 Å². The van der Waals surface area contributed by atoms with Crippen molar-refractivity contribution >= 4 is 11.9 Å². The first kappa shape index (κ1) is 17.8. The fourth-order valence-corrected chi connectivity index (χ4v) is 1.99. The summed E-state index contributed by atoms with van der Waals surface area (Å²) in [5, 5.41) is 6.63. The highest BCUT2D eigenvalue weighted by atomic mass is 16.5. The number of amides is 1. The van der Waals surface area contributed by atoms with Crippen LogP contribution in [-0.4, -0.2) is 64.2 Å². The second-order valence-corrected chi connectivity index (χ2v) is 5.98. The van der Waals surface area contributed by atoms with Crippen LogP contribution < -0.4 is 10.6 Å². The molecule has 1 fully saturated rings. The number of hydrogen-bond acceptors (Lipinski definition) is 3. The highest BCUT2D eigenvalue weighted by molar-refractivity contribution is 5.84. The van der Waals surface area contributed by atoms with Crippen molar-refractivity contribution in [3.8, 4) is 0 Å². The lowest BCUT2D eigenvalue weighted by Gasteiger charge is -2.18. The van der Waals surface area contributed by atoms with Crippen molar-refractivity contribution in [2.45, 2.75) is 32.6 Å². The van der Waals surface area contributed by atoms with E-state index >= 15 is 0 Å². The van der Waals surface area contributed by atoms with Crippen LogP contribution in [0.15, 0.2) is 4.99 Å². The molecule has 0 aromatic heterocycles. The van der Waals surface area contributed by atoms with Crippen LogP contribution in [0.2, 0.25) is 0 Å². The second-order valence-electron chi connectivity index (χ2n) is 5.98. The van der Waals surface area contributed by atoms with Gasteiger partial charge in [0, 0.05) is 40.9 Å². The first-order chi connectivity index (χ1) is 10.0. The highest BCUT2D eigenvalue weighted by Gasteiger charge is 2.41. The summed E-state index contributed by atoms with van der Waals surface area (Å²) in [5.74, 6) is 0.740. The summed E-state index contributed by atoms with van der Waals surface area (Å²) in [5.41, 5.74) is 0.357. The minimum Gasteiger partial charge on any atom is -0.385 e. The number of nitrogens with zero attached hydrogens (tertiary/aromatic N) is 2. The third kappa shape index (κ3) is 6.80. The Morgan fingerprint density at radius 2 is 2.05 bits per heavy atom. The van der Waals surface area contributed by atoms with E-state index in [-0.39, 0.29) is 12.5 Å². The van der Waals surface area contributed by atoms with Crippen molar-refractivity contribution < 1.29 is 9.53 Å². The molecule has 0 unspecified atom stereocenters. The van der Waals surface area contributed by atoms with Crippen molar-refractivity contribution in [1.82, 2.24) is 15.5 Å². The summed E-state index contributed by atoms with van der Waals surface area (Å²) < 4.78 is 5.17. The summed E-state index contributed by atoms with van der Waals surface area (Å²) in [6.45, 7) is 4.83. The van der Waals surface area contributed by atoms with E-state index in [0.29, 0.717) is 5.41 Å². The molecule has 0 radical (unpaired) electrons. The Morgan fingerprint density at radius 3 is 2.57 bits per heavy atom. The van der Waals surface area contributed by atoms with Gasteiger partial charge in [0.25, 0.3) is 0 Å². The van der Waals surface area contributed by atoms with Gasteiger partial charge in [0.1, 0.15) is 6.54 Å². The van der Waals surface area contributed by atoms with Gasteiger partial charge in [-0.1, -0.05) is 6.92 Å². The molecular formula is C15H30N4O2. The molecule has 1 rings (SSSR count). The number of hydrogen-bond donors (Lipinski definition) is 2. The molecule has 2 N–H and O–H groups in total. The maximum absolute atomic E-state index is 11.6. The average molecular weight is 298 g/mol. The van der Waals surface area contributed by atoms with Crippen LogP contribution in [0, 0.1) is 5.41 Å². The molecule has 0 spiro atoms. The van der Waals surface area contributed by atoms with Gasteiger partial charge in [0.15, 0.2) is 5.96 Å². The van der Waals surface area contributed by atoms with Gasteiger partial charge in [-0.3, -0.25) is 4.79 Å². The molecule has 0 aliphatic heterocycles. The zero-order valence-corrected chi connectivity index (χ0v) is 13.9. The lowest BCUT2D eigenvalue weighted by molar-refractivity contribution is -0.127. The maximum Gasteiger partial charge on any atom is 0.243 e. The quantitative estimate of drug-likeness (QED) is 0.489. The number of nitrogens with one attached hydrogen (secondary N) is 2. The topological polar surface area (TPSA) is 66.0 Å². The van der Waals surface area contributed by atoms with Gasteiger partial charge in [-0.25, -0.2) is 4.99 Å².